The lowest BCUT2D eigenvalue weighted by molar-refractivity contribution is 0.104. The van der Waals surface area contributed by atoms with Crippen LogP contribution in [0.4, 0.5) is 8.78 Å². The summed E-state index contributed by atoms with van der Waals surface area (Å²) in [6.45, 7) is 1.77. The number of carbonyl (C=O) groups excluding carboxylic acids is 1. The molecular weight excluding hydrogens is 310 g/mol. The van der Waals surface area contributed by atoms with Crippen molar-refractivity contribution in [3.05, 3.63) is 89.3 Å². The van der Waals surface area contributed by atoms with E-state index in [1.54, 1.807) is 41.9 Å². The molecule has 1 heterocycles. The first-order valence-corrected chi connectivity index (χ1v) is 7.33. The van der Waals surface area contributed by atoms with Gasteiger partial charge in [0.05, 0.1) is 23.1 Å². The van der Waals surface area contributed by atoms with E-state index in [9.17, 15) is 13.6 Å². The van der Waals surface area contributed by atoms with Crippen LogP contribution in [0, 0.1) is 18.6 Å². The number of benzene rings is 2. The summed E-state index contributed by atoms with van der Waals surface area (Å²) in [4.78, 5) is 12.3. The summed E-state index contributed by atoms with van der Waals surface area (Å²) in [5, 5.41) is 4.19. The predicted octanol–water partition coefficient (Wildman–Crippen LogP) is 4.36. The molecule has 0 bridgehead atoms. The summed E-state index contributed by atoms with van der Waals surface area (Å²) >= 11 is 0. The number of nitrogens with zero attached hydrogens (tertiary/aromatic N) is 2. The van der Waals surface area contributed by atoms with Crippen molar-refractivity contribution in [2.75, 3.05) is 0 Å². The zero-order valence-electron chi connectivity index (χ0n) is 12.9. The van der Waals surface area contributed by atoms with E-state index in [1.165, 1.54) is 36.5 Å². The fourth-order valence-corrected chi connectivity index (χ4v) is 2.33. The smallest absolute Gasteiger partial charge is 0.189 e. The van der Waals surface area contributed by atoms with Crippen LogP contribution in [0.15, 0.2) is 60.8 Å². The molecule has 0 aliphatic rings. The van der Waals surface area contributed by atoms with Crippen molar-refractivity contribution in [3.63, 3.8) is 0 Å². The summed E-state index contributed by atoms with van der Waals surface area (Å²) in [7, 11) is 0. The normalized spacial score (nSPS) is 11.1. The molecule has 0 atom stereocenters. The van der Waals surface area contributed by atoms with Crippen LogP contribution in [0.3, 0.4) is 0 Å². The van der Waals surface area contributed by atoms with Crippen LogP contribution >= 0.6 is 0 Å². The lowest BCUT2D eigenvalue weighted by atomic mass is 10.1. The Kier molecular flexibility index (Phi) is 4.33. The average molecular weight is 324 g/mol. The van der Waals surface area contributed by atoms with E-state index in [-0.39, 0.29) is 17.4 Å². The standard InChI is InChI=1S/C19H14F2N2O/c1-13-18(12-22-23(13)17-9-7-16(21)8-10-17)19(24)11-4-14-2-5-15(20)6-3-14/h2-12H,1H3/b11-4+. The molecule has 0 spiro atoms. The molecule has 0 aliphatic carbocycles. The van der Waals surface area contributed by atoms with Crippen molar-refractivity contribution in [1.82, 2.24) is 9.78 Å². The Morgan fingerprint density at radius 3 is 2.21 bits per heavy atom. The van der Waals surface area contributed by atoms with Crippen molar-refractivity contribution < 1.29 is 13.6 Å². The van der Waals surface area contributed by atoms with Gasteiger partial charge in [-0.05, 0) is 55.0 Å². The van der Waals surface area contributed by atoms with E-state index in [0.29, 0.717) is 16.9 Å². The van der Waals surface area contributed by atoms with Gasteiger partial charge in [-0.3, -0.25) is 4.79 Å². The van der Waals surface area contributed by atoms with Gasteiger partial charge in [-0.1, -0.05) is 18.2 Å². The first kappa shape index (κ1) is 15.8. The van der Waals surface area contributed by atoms with E-state index in [4.69, 9.17) is 0 Å². The zero-order chi connectivity index (χ0) is 17.1. The molecular formula is C19H14F2N2O. The van der Waals surface area contributed by atoms with Gasteiger partial charge in [0.15, 0.2) is 5.78 Å². The van der Waals surface area contributed by atoms with Crippen molar-refractivity contribution in [3.8, 4) is 5.69 Å². The third-order valence-electron chi connectivity index (χ3n) is 3.64. The highest BCUT2D eigenvalue weighted by atomic mass is 19.1. The van der Waals surface area contributed by atoms with Crippen molar-refractivity contribution >= 4 is 11.9 Å². The molecule has 0 radical (unpaired) electrons. The van der Waals surface area contributed by atoms with Gasteiger partial charge in [0.2, 0.25) is 0 Å². The minimum absolute atomic E-state index is 0.204. The molecule has 1 aromatic heterocycles. The second kappa shape index (κ2) is 6.58. The van der Waals surface area contributed by atoms with Crippen LogP contribution in [-0.2, 0) is 0 Å². The highest BCUT2D eigenvalue weighted by molar-refractivity contribution is 6.07. The molecule has 3 rings (SSSR count). The van der Waals surface area contributed by atoms with Crippen molar-refractivity contribution in [2.24, 2.45) is 0 Å². The van der Waals surface area contributed by atoms with E-state index in [1.807, 2.05) is 0 Å². The van der Waals surface area contributed by atoms with Gasteiger partial charge in [0, 0.05) is 0 Å². The summed E-state index contributed by atoms with van der Waals surface area (Å²) in [5.74, 6) is -0.859. The Morgan fingerprint density at radius 2 is 1.58 bits per heavy atom. The minimum atomic E-state index is -0.331. The largest absolute Gasteiger partial charge is 0.289 e. The summed E-state index contributed by atoms with van der Waals surface area (Å²) < 4.78 is 27.5. The van der Waals surface area contributed by atoms with E-state index in [0.717, 1.165) is 5.56 Å². The third kappa shape index (κ3) is 3.30. The molecule has 24 heavy (non-hydrogen) atoms. The van der Waals surface area contributed by atoms with Crippen LogP contribution in [0.2, 0.25) is 0 Å². The molecule has 0 amide bonds. The van der Waals surface area contributed by atoms with Crippen LogP contribution in [0.25, 0.3) is 11.8 Å². The highest BCUT2D eigenvalue weighted by Gasteiger charge is 2.13. The second-order valence-corrected chi connectivity index (χ2v) is 5.28. The van der Waals surface area contributed by atoms with Gasteiger partial charge in [-0.25, -0.2) is 13.5 Å². The van der Waals surface area contributed by atoms with Gasteiger partial charge < -0.3 is 0 Å². The third-order valence-corrected chi connectivity index (χ3v) is 3.64. The molecule has 0 N–H and O–H groups in total. The number of aromatic nitrogens is 2. The fourth-order valence-electron chi connectivity index (χ4n) is 2.33. The van der Waals surface area contributed by atoms with Crippen molar-refractivity contribution in [1.29, 1.82) is 0 Å². The van der Waals surface area contributed by atoms with Crippen molar-refractivity contribution in [2.45, 2.75) is 6.92 Å². The molecule has 0 saturated carbocycles. The number of allylic oxidation sites excluding steroid dienone is 1. The number of ketones is 1. The van der Waals surface area contributed by atoms with Crippen LogP contribution < -0.4 is 0 Å². The Hall–Kier alpha value is -3.08. The number of hydrogen-bond donors (Lipinski definition) is 0. The van der Waals surface area contributed by atoms with E-state index < -0.39 is 0 Å². The molecule has 2 aromatic carbocycles. The Bertz CT molecular complexity index is 894. The average Bonchev–Trinajstić information content (AvgIpc) is 2.96. The first-order chi connectivity index (χ1) is 11.5. The quantitative estimate of drug-likeness (QED) is 0.528. The molecule has 3 nitrogen and oxygen atoms in total. The van der Waals surface area contributed by atoms with Gasteiger partial charge >= 0.3 is 0 Å². The summed E-state index contributed by atoms with van der Waals surface area (Å²) in [5.41, 5.74) is 2.52. The minimum Gasteiger partial charge on any atom is -0.289 e. The van der Waals surface area contributed by atoms with Gasteiger partial charge in [0.1, 0.15) is 11.6 Å². The Balaban J connectivity index is 1.83. The lowest BCUT2D eigenvalue weighted by Gasteiger charge is -2.04. The maximum atomic E-state index is 13.0. The van der Waals surface area contributed by atoms with Gasteiger partial charge in [-0.2, -0.15) is 5.10 Å². The Morgan fingerprint density at radius 1 is 1.00 bits per heavy atom. The van der Waals surface area contributed by atoms with Crippen LogP contribution in [0.1, 0.15) is 21.6 Å². The lowest BCUT2D eigenvalue weighted by Crippen LogP contribution is -2.01. The molecule has 0 unspecified atom stereocenters. The maximum absolute atomic E-state index is 13.0. The van der Waals surface area contributed by atoms with E-state index >= 15 is 0 Å². The van der Waals surface area contributed by atoms with Crippen LogP contribution in [0.5, 0.6) is 0 Å². The number of rotatable bonds is 4. The van der Waals surface area contributed by atoms with Gasteiger partial charge in [0.25, 0.3) is 0 Å². The highest BCUT2D eigenvalue weighted by Crippen LogP contribution is 2.16. The molecule has 3 aromatic rings. The molecule has 0 aliphatic heterocycles. The Labute approximate surface area is 137 Å². The number of carbonyl (C=O) groups is 1. The number of halogens is 2. The van der Waals surface area contributed by atoms with Gasteiger partial charge in [-0.15, -0.1) is 0 Å². The van der Waals surface area contributed by atoms with Crippen LogP contribution in [-0.4, -0.2) is 15.6 Å². The monoisotopic (exact) mass is 324 g/mol. The zero-order valence-corrected chi connectivity index (χ0v) is 12.9. The van der Waals surface area contributed by atoms with E-state index in [2.05, 4.69) is 5.10 Å². The first-order valence-electron chi connectivity index (χ1n) is 7.33. The molecule has 5 heteroatoms. The second-order valence-electron chi connectivity index (χ2n) is 5.28. The summed E-state index contributed by atoms with van der Waals surface area (Å²) in [6, 6.07) is 11.7. The fraction of sp³-hybridized carbons (Fsp3) is 0.0526. The molecule has 0 fully saturated rings. The topological polar surface area (TPSA) is 34.9 Å². The summed E-state index contributed by atoms with van der Waals surface area (Å²) in [6.07, 6.45) is 4.53. The maximum Gasteiger partial charge on any atom is 0.189 e. The molecule has 0 saturated heterocycles. The molecule has 120 valence electrons. The number of hydrogen-bond acceptors (Lipinski definition) is 2. The SMILES string of the molecule is Cc1c(C(=O)/C=C/c2ccc(F)cc2)cnn1-c1ccc(F)cc1. The predicted molar refractivity (Wildman–Crippen MR) is 88.0 cm³/mol.